The summed E-state index contributed by atoms with van der Waals surface area (Å²) in [6, 6.07) is 18.0. The molecule has 2 aromatic carbocycles. The minimum absolute atomic E-state index is 0.306. The Morgan fingerprint density at radius 3 is 2.54 bits per heavy atom. The van der Waals surface area contributed by atoms with E-state index in [-0.39, 0.29) is 0 Å². The highest BCUT2D eigenvalue weighted by Gasteiger charge is 2.16. The Kier molecular flexibility index (Phi) is 5.82. The lowest BCUT2D eigenvalue weighted by Crippen LogP contribution is -2.18. The lowest BCUT2D eigenvalue weighted by molar-refractivity contribution is 0.0695. The first-order valence-corrected chi connectivity index (χ1v) is 9.85. The van der Waals surface area contributed by atoms with Gasteiger partial charge in [-0.2, -0.15) is 0 Å². The van der Waals surface area contributed by atoms with Gasteiger partial charge < -0.3 is 5.11 Å². The van der Waals surface area contributed by atoms with Gasteiger partial charge in [0.1, 0.15) is 5.00 Å². The SMILES string of the molecule is O=C(O)c1ccccc1CCc1cccc(N(c2cccs2)S(=O)O)c1. The Hall–Kier alpha value is -2.48. The molecule has 0 fully saturated rings. The van der Waals surface area contributed by atoms with Crippen molar-refractivity contribution in [1.82, 2.24) is 0 Å². The van der Waals surface area contributed by atoms with Crippen molar-refractivity contribution < 1.29 is 18.7 Å². The van der Waals surface area contributed by atoms with Gasteiger partial charge in [-0.15, -0.1) is 11.3 Å². The molecule has 1 aromatic heterocycles. The Bertz CT molecular complexity index is 925. The minimum atomic E-state index is -2.18. The molecule has 3 aromatic rings. The molecule has 7 heteroatoms. The second-order valence-electron chi connectivity index (χ2n) is 5.61. The summed E-state index contributed by atoms with van der Waals surface area (Å²) >= 11 is -0.793. The van der Waals surface area contributed by atoms with Crippen LogP contribution in [0, 0.1) is 0 Å². The Balaban J connectivity index is 1.82. The lowest BCUT2D eigenvalue weighted by Gasteiger charge is -2.18. The van der Waals surface area contributed by atoms with Gasteiger partial charge >= 0.3 is 5.97 Å². The van der Waals surface area contributed by atoms with Crippen molar-refractivity contribution in [1.29, 1.82) is 0 Å². The van der Waals surface area contributed by atoms with Crippen LogP contribution in [0.15, 0.2) is 66.0 Å². The van der Waals surface area contributed by atoms with Crippen molar-refractivity contribution in [3.63, 3.8) is 0 Å². The van der Waals surface area contributed by atoms with Gasteiger partial charge in [0.05, 0.1) is 11.3 Å². The molecule has 2 N–H and O–H groups in total. The van der Waals surface area contributed by atoms with Crippen LogP contribution >= 0.6 is 11.3 Å². The van der Waals surface area contributed by atoms with Crippen LogP contribution in [-0.4, -0.2) is 19.8 Å². The lowest BCUT2D eigenvalue weighted by atomic mass is 9.99. The Labute approximate surface area is 158 Å². The zero-order valence-electron chi connectivity index (χ0n) is 13.7. The molecule has 5 nitrogen and oxygen atoms in total. The first-order valence-electron chi connectivity index (χ1n) is 7.91. The molecule has 0 aliphatic rings. The summed E-state index contributed by atoms with van der Waals surface area (Å²) < 4.78 is 22.8. The van der Waals surface area contributed by atoms with E-state index in [2.05, 4.69) is 0 Å². The van der Waals surface area contributed by atoms with Gasteiger partial charge in [-0.05, 0) is 59.7 Å². The van der Waals surface area contributed by atoms with Gasteiger partial charge in [-0.3, -0.25) is 4.55 Å². The highest BCUT2D eigenvalue weighted by Crippen LogP contribution is 2.31. The number of rotatable bonds is 7. The van der Waals surface area contributed by atoms with Gasteiger partial charge in [0, 0.05) is 0 Å². The van der Waals surface area contributed by atoms with E-state index in [1.807, 2.05) is 41.8 Å². The molecule has 0 saturated carbocycles. The number of benzene rings is 2. The second-order valence-corrected chi connectivity index (χ2v) is 7.36. The van der Waals surface area contributed by atoms with E-state index in [1.54, 1.807) is 24.3 Å². The van der Waals surface area contributed by atoms with E-state index in [9.17, 15) is 18.7 Å². The van der Waals surface area contributed by atoms with E-state index in [0.29, 0.717) is 29.1 Å². The smallest absolute Gasteiger partial charge is 0.335 e. The molecule has 0 spiro atoms. The van der Waals surface area contributed by atoms with Crippen LogP contribution in [0.3, 0.4) is 0 Å². The predicted octanol–water partition coefficient (Wildman–Crippen LogP) is 4.51. The van der Waals surface area contributed by atoms with Crippen molar-refractivity contribution >= 4 is 39.3 Å². The second kappa shape index (κ2) is 8.27. The molecule has 0 radical (unpaired) electrons. The molecule has 26 heavy (non-hydrogen) atoms. The van der Waals surface area contributed by atoms with Crippen molar-refractivity contribution in [3.8, 4) is 0 Å². The first kappa shape index (κ1) is 18.3. The van der Waals surface area contributed by atoms with Gasteiger partial charge in [-0.25, -0.2) is 13.3 Å². The number of carboxylic acids is 1. The first-order chi connectivity index (χ1) is 12.6. The molecule has 1 atom stereocenters. The molecule has 0 saturated heterocycles. The minimum Gasteiger partial charge on any atom is -0.478 e. The summed E-state index contributed by atoms with van der Waals surface area (Å²) in [5, 5.41) is 11.8. The summed E-state index contributed by atoms with van der Waals surface area (Å²) in [4.78, 5) is 11.3. The van der Waals surface area contributed by atoms with Crippen molar-refractivity contribution in [2.75, 3.05) is 4.31 Å². The molecule has 3 rings (SSSR count). The number of hydrogen-bond acceptors (Lipinski definition) is 3. The normalized spacial score (nSPS) is 11.9. The Morgan fingerprint density at radius 2 is 1.85 bits per heavy atom. The van der Waals surface area contributed by atoms with Gasteiger partial charge in [0.2, 0.25) is 0 Å². The number of aryl methyl sites for hydroxylation is 2. The topological polar surface area (TPSA) is 77.8 Å². The summed E-state index contributed by atoms with van der Waals surface area (Å²) in [6.07, 6.45) is 1.21. The summed E-state index contributed by atoms with van der Waals surface area (Å²) in [6.45, 7) is 0. The molecule has 0 amide bonds. The fraction of sp³-hybridized carbons (Fsp3) is 0.105. The fourth-order valence-corrected chi connectivity index (χ4v) is 4.23. The molecular weight excluding hydrogens is 370 g/mol. The number of thiophene rings is 1. The predicted molar refractivity (Wildman–Crippen MR) is 104 cm³/mol. The highest BCUT2D eigenvalue weighted by atomic mass is 32.2. The van der Waals surface area contributed by atoms with Gasteiger partial charge in [0.25, 0.3) is 11.3 Å². The van der Waals surface area contributed by atoms with Gasteiger partial charge in [-0.1, -0.05) is 30.3 Å². The van der Waals surface area contributed by atoms with Crippen LogP contribution < -0.4 is 4.31 Å². The maximum atomic E-state index is 11.8. The number of hydrogen-bond donors (Lipinski definition) is 2. The molecule has 1 heterocycles. The van der Waals surface area contributed by atoms with Crippen LogP contribution in [0.5, 0.6) is 0 Å². The standard InChI is InChI=1S/C19H17NO4S2/c21-19(22)17-8-2-1-6-15(17)11-10-14-5-3-7-16(13-14)20(26(23)24)18-9-4-12-25-18/h1-9,12-13H,10-11H2,(H,21,22)(H,23,24). The number of carboxylic acid groups (broad SMARTS) is 1. The van der Waals surface area contributed by atoms with Crippen molar-refractivity contribution in [2.45, 2.75) is 12.8 Å². The molecule has 0 bridgehead atoms. The number of nitrogens with zero attached hydrogens (tertiary/aromatic N) is 1. The summed E-state index contributed by atoms with van der Waals surface area (Å²) in [7, 11) is 0. The third-order valence-electron chi connectivity index (χ3n) is 3.94. The maximum absolute atomic E-state index is 11.8. The van der Waals surface area contributed by atoms with Crippen LogP contribution in [0.1, 0.15) is 21.5 Å². The van der Waals surface area contributed by atoms with Crippen LogP contribution in [0.25, 0.3) is 0 Å². The van der Waals surface area contributed by atoms with E-state index in [4.69, 9.17) is 0 Å². The third kappa shape index (κ3) is 4.19. The zero-order chi connectivity index (χ0) is 18.5. The van der Waals surface area contributed by atoms with E-state index < -0.39 is 17.2 Å². The molecule has 1 unspecified atom stereocenters. The van der Waals surface area contributed by atoms with E-state index in [1.165, 1.54) is 15.6 Å². The Morgan fingerprint density at radius 1 is 1.04 bits per heavy atom. The van der Waals surface area contributed by atoms with Crippen molar-refractivity contribution in [3.05, 3.63) is 82.7 Å². The van der Waals surface area contributed by atoms with Crippen LogP contribution in [-0.2, 0) is 24.1 Å². The molecule has 134 valence electrons. The zero-order valence-corrected chi connectivity index (χ0v) is 15.4. The van der Waals surface area contributed by atoms with E-state index >= 15 is 0 Å². The number of aromatic carboxylic acids is 1. The number of carbonyl (C=O) groups is 1. The average Bonchev–Trinajstić information content (AvgIpc) is 3.14. The number of anilines is 2. The molecular formula is C19H17NO4S2. The average molecular weight is 387 g/mol. The third-order valence-corrected chi connectivity index (χ3v) is 5.63. The quantitative estimate of drug-likeness (QED) is 0.585. The summed E-state index contributed by atoms with van der Waals surface area (Å²) in [5.74, 6) is -0.936. The maximum Gasteiger partial charge on any atom is 0.335 e. The molecule has 0 aliphatic carbocycles. The van der Waals surface area contributed by atoms with Crippen LogP contribution in [0.4, 0.5) is 10.7 Å². The van der Waals surface area contributed by atoms with E-state index in [0.717, 1.165) is 11.1 Å². The largest absolute Gasteiger partial charge is 0.478 e. The highest BCUT2D eigenvalue weighted by molar-refractivity contribution is 7.81. The fourth-order valence-electron chi connectivity index (χ4n) is 2.74. The monoisotopic (exact) mass is 387 g/mol. The van der Waals surface area contributed by atoms with Crippen LogP contribution in [0.2, 0.25) is 0 Å². The molecule has 0 aliphatic heterocycles. The summed E-state index contributed by atoms with van der Waals surface area (Å²) in [5.41, 5.74) is 2.67. The van der Waals surface area contributed by atoms with Crippen molar-refractivity contribution in [2.24, 2.45) is 0 Å². The van der Waals surface area contributed by atoms with Gasteiger partial charge in [0.15, 0.2) is 0 Å².